The largest absolute Gasteiger partial charge is 0.465 e. The van der Waals surface area contributed by atoms with Crippen molar-refractivity contribution < 1.29 is 23.8 Å². The molecule has 0 bridgehead atoms. The lowest BCUT2D eigenvalue weighted by Gasteiger charge is -2.33. The van der Waals surface area contributed by atoms with Gasteiger partial charge in [0.15, 0.2) is 11.5 Å². The van der Waals surface area contributed by atoms with Crippen LogP contribution >= 0.6 is 15.9 Å². The van der Waals surface area contributed by atoms with Crippen molar-refractivity contribution in [2.45, 2.75) is 13.0 Å². The Morgan fingerprint density at radius 3 is 2.83 bits per heavy atom. The fourth-order valence-corrected chi connectivity index (χ4v) is 3.19. The molecule has 0 aromatic heterocycles. The van der Waals surface area contributed by atoms with Crippen molar-refractivity contribution in [3.8, 4) is 11.5 Å². The minimum atomic E-state index is -0.746. The van der Waals surface area contributed by atoms with Crippen molar-refractivity contribution in [2.75, 3.05) is 13.4 Å². The Morgan fingerprint density at radius 2 is 2.13 bits per heavy atom. The summed E-state index contributed by atoms with van der Waals surface area (Å²) in [5.41, 5.74) is 0.977. The number of benzene rings is 1. The summed E-state index contributed by atoms with van der Waals surface area (Å²) in [7, 11) is 0. The quantitative estimate of drug-likeness (QED) is 0.782. The molecular formula is C15H15BrN2O5. The molecule has 122 valence electrons. The number of hydrogen-bond donors (Lipinski definition) is 2. The van der Waals surface area contributed by atoms with Crippen molar-refractivity contribution in [1.29, 1.82) is 0 Å². The molecule has 1 fully saturated rings. The Bertz CT molecular complexity index is 691. The minimum Gasteiger partial charge on any atom is -0.465 e. The van der Waals surface area contributed by atoms with E-state index in [1.165, 1.54) is 0 Å². The van der Waals surface area contributed by atoms with Gasteiger partial charge in [0.05, 0.1) is 12.6 Å². The van der Waals surface area contributed by atoms with Gasteiger partial charge in [-0.1, -0.05) is 22.5 Å². The lowest BCUT2D eigenvalue weighted by molar-refractivity contribution is -0.147. The third-order valence-corrected chi connectivity index (χ3v) is 4.32. The highest BCUT2D eigenvalue weighted by atomic mass is 79.9. The van der Waals surface area contributed by atoms with Crippen molar-refractivity contribution in [2.24, 2.45) is 5.92 Å². The van der Waals surface area contributed by atoms with Crippen LogP contribution < -0.4 is 20.1 Å². The van der Waals surface area contributed by atoms with Crippen LogP contribution in [0.2, 0.25) is 0 Å². The number of esters is 1. The van der Waals surface area contributed by atoms with Gasteiger partial charge in [-0.2, -0.15) is 0 Å². The summed E-state index contributed by atoms with van der Waals surface area (Å²) < 4.78 is 16.5. The highest BCUT2D eigenvalue weighted by Gasteiger charge is 2.40. The van der Waals surface area contributed by atoms with Crippen LogP contribution in [0.3, 0.4) is 0 Å². The van der Waals surface area contributed by atoms with Gasteiger partial charge in [-0.05, 0) is 24.6 Å². The number of halogens is 1. The van der Waals surface area contributed by atoms with Gasteiger partial charge in [-0.25, -0.2) is 4.79 Å². The highest BCUT2D eigenvalue weighted by Crippen LogP contribution is 2.42. The van der Waals surface area contributed by atoms with Crippen molar-refractivity contribution in [3.63, 3.8) is 0 Å². The number of rotatable bonds is 3. The fourth-order valence-electron chi connectivity index (χ4n) is 2.62. The van der Waals surface area contributed by atoms with Crippen LogP contribution in [0.25, 0.3) is 0 Å². The first-order valence-corrected chi connectivity index (χ1v) is 7.82. The van der Waals surface area contributed by atoms with Gasteiger partial charge in [0.1, 0.15) is 5.92 Å². The molecule has 1 aromatic carbocycles. The first kappa shape index (κ1) is 15.7. The van der Waals surface area contributed by atoms with Crippen LogP contribution in [0.4, 0.5) is 4.79 Å². The molecule has 2 aliphatic rings. The molecule has 2 unspecified atom stereocenters. The normalized spacial score (nSPS) is 22.3. The molecular weight excluding hydrogens is 368 g/mol. The number of carbonyl (C=O) groups excluding carboxylic acids is 2. The third-order valence-electron chi connectivity index (χ3n) is 3.64. The van der Waals surface area contributed by atoms with Crippen LogP contribution in [-0.4, -0.2) is 25.4 Å². The maximum Gasteiger partial charge on any atom is 0.319 e. The number of nitrogens with one attached hydrogen (secondary N) is 2. The lowest BCUT2D eigenvalue weighted by Crippen LogP contribution is -2.51. The van der Waals surface area contributed by atoms with Crippen LogP contribution in [0.1, 0.15) is 18.5 Å². The number of urea groups is 1. The van der Waals surface area contributed by atoms with Gasteiger partial charge in [0, 0.05) is 10.2 Å². The minimum absolute atomic E-state index is 0.137. The summed E-state index contributed by atoms with van der Waals surface area (Å²) in [5.74, 6) is -0.0412. The molecule has 1 aromatic rings. The molecule has 2 aliphatic heterocycles. The standard InChI is InChI=1S/C15H15BrN2O5/c1-3-21-14(19)12-7(2)17-15(20)18-13(12)8-4-10-11(5-9(8)16)23-6-22-10/h4-5,12-13H,2-3,6H2,1H3,(H2,17,18,20). The molecule has 1 saturated heterocycles. The second-order valence-electron chi connectivity index (χ2n) is 5.06. The molecule has 0 saturated carbocycles. The zero-order valence-electron chi connectivity index (χ0n) is 12.3. The van der Waals surface area contributed by atoms with E-state index in [4.69, 9.17) is 14.2 Å². The number of ether oxygens (including phenoxy) is 3. The summed E-state index contributed by atoms with van der Waals surface area (Å²) in [6, 6.07) is 2.43. The molecule has 0 aliphatic carbocycles. The molecule has 0 spiro atoms. The van der Waals surface area contributed by atoms with E-state index in [-0.39, 0.29) is 13.4 Å². The molecule has 2 N–H and O–H groups in total. The van der Waals surface area contributed by atoms with Gasteiger partial charge >= 0.3 is 12.0 Å². The van der Waals surface area contributed by atoms with E-state index in [2.05, 4.69) is 33.1 Å². The van der Waals surface area contributed by atoms with Gasteiger partial charge in [-0.15, -0.1) is 0 Å². The molecule has 3 rings (SSSR count). The first-order chi connectivity index (χ1) is 11.0. The Balaban J connectivity index is 2.01. The van der Waals surface area contributed by atoms with Crippen LogP contribution in [0, 0.1) is 5.92 Å². The second-order valence-corrected chi connectivity index (χ2v) is 5.91. The van der Waals surface area contributed by atoms with Gasteiger partial charge in [0.25, 0.3) is 0 Å². The predicted molar refractivity (Wildman–Crippen MR) is 83.9 cm³/mol. The van der Waals surface area contributed by atoms with Crippen LogP contribution in [0.15, 0.2) is 28.9 Å². The zero-order valence-corrected chi connectivity index (χ0v) is 13.9. The average Bonchev–Trinajstić information content (AvgIpc) is 2.92. The summed E-state index contributed by atoms with van der Waals surface area (Å²) in [4.78, 5) is 24.1. The Morgan fingerprint density at radius 1 is 1.43 bits per heavy atom. The summed E-state index contributed by atoms with van der Waals surface area (Å²) >= 11 is 3.45. The third kappa shape index (κ3) is 2.86. The van der Waals surface area contributed by atoms with Crippen LogP contribution in [-0.2, 0) is 9.53 Å². The lowest BCUT2D eigenvalue weighted by atomic mass is 9.89. The monoisotopic (exact) mass is 382 g/mol. The van der Waals surface area contributed by atoms with E-state index in [1.54, 1.807) is 19.1 Å². The molecule has 23 heavy (non-hydrogen) atoms. The van der Waals surface area contributed by atoms with E-state index in [0.29, 0.717) is 27.2 Å². The van der Waals surface area contributed by atoms with Gasteiger partial charge in [0.2, 0.25) is 6.79 Å². The summed E-state index contributed by atoms with van der Waals surface area (Å²) in [5, 5.41) is 5.27. The average molecular weight is 383 g/mol. The van der Waals surface area contributed by atoms with Crippen molar-refractivity contribution in [1.82, 2.24) is 10.6 Å². The zero-order chi connectivity index (χ0) is 16.6. The Labute approximate surface area is 141 Å². The first-order valence-electron chi connectivity index (χ1n) is 7.03. The number of amides is 2. The predicted octanol–water partition coefficient (Wildman–Crippen LogP) is 2.22. The molecule has 2 atom stereocenters. The SMILES string of the molecule is C=C1NC(=O)NC(c2cc3c(cc2Br)OCO3)C1C(=O)OCC. The summed E-state index contributed by atoms with van der Waals surface area (Å²) in [6.45, 7) is 5.88. The smallest absolute Gasteiger partial charge is 0.319 e. The fraction of sp³-hybridized carbons (Fsp3) is 0.333. The molecule has 8 heteroatoms. The Kier molecular flexibility index (Phi) is 4.16. The van der Waals surface area contributed by atoms with E-state index in [1.807, 2.05) is 0 Å². The number of fused-ring (bicyclic) bond motifs is 1. The van der Waals surface area contributed by atoms with Gasteiger partial charge in [-0.3, -0.25) is 4.79 Å². The van der Waals surface area contributed by atoms with E-state index >= 15 is 0 Å². The molecule has 2 amide bonds. The molecule has 7 nitrogen and oxygen atoms in total. The van der Waals surface area contributed by atoms with Crippen molar-refractivity contribution >= 4 is 27.9 Å². The van der Waals surface area contributed by atoms with Crippen molar-refractivity contribution in [3.05, 3.63) is 34.4 Å². The molecule has 2 heterocycles. The van der Waals surface area contributed by atoms with E-state index in [0.717, 1.165) is 0 Å². The summed E-state index contributed by atoms with van der Waals surface area (Å²) in [6.07, 6.45) is 0. The number of carbonyl (C=O) groups is 2. The van der Waals surface area contributed by atoms with E-state index < -0.39 is 24.0 Å². The molecule has 0 radical (unpaired) electrons. The van der Waals surface area contributed by atoms with Gasteiger partial charge < -0.3 is 24.8 Å². The maximum atomic E-state index is 12.3. The second kappa shape index (κ2) is 6.11. The van der Waals surface area contributed by atoms with E-state index in [9.17, 15) is 9.59 Å². The maximum absolute atomic E-state index is 12.3. The van der Waals surface area contributed by atoms with Crippen LogP contribution in [0.5, 0.6) is 11.5 Å². The Hall–Kier alpha value is -2.22. The topological polar surface area (TPSA) is 85.9 Å². The number of hydrogen-bond acceptors (Lipinski definition) is 5. The highest BCUT2D eigenvalue weighted by molar-refractivity contribution is 9.10.